The molecule has 0 bridgehead atoms. The Bertz CT molecular complexity index is 1050. The summed E-state index contributed by atoms with van der Waals surface area (Å²) in [5, 5.41) is 3.38. The molecular formula is C28H39N5O4S. The number of hydrogen-bond donors (Lipinski definition) is 1. The number of hydrogen-bond acceptors (Lipinski definition) is 7. The second kappa shape index (κ2) is 13.7. The maximum Gasteiger partial charge on any atom is 0.252 e. The Balaban J connectivity index is 1.37. The van der Waals surface area contributed by atoms with Crippen molar-refractivity contribution in [2.75, 3.05) is 57.7 Å². The van der Waals surface area contributed by atoms with Crippen LogP contribution in [0.1, 0.15) is 38.9 Å². The number of nitrogens with zero attached hydrogens (tertiary/aromatic N) is 4. The number of piperazine rings is 1. The van der Waals surface area contributed by atoms with Crippen molar-refractivity contribution in [2.24, 2.45) is 0 Å². The van der Waals surface area contributed by atoms with Crippen molar-refractivity contribution >= 4 is 34.8 Å². The highest BCUT2D eigenvalue weighted by Crippen LogP contribution is 2.25. The lowest BCUT2D eigenvalue weighted by Gasteiger charge is -2.34. The number of benzene rings is 1. The third kappa shape index (κ3) is 7.33. The van der Waals surface area contributed by atoms with E-state index in [4.69, 9.17) is 21.4 Å². The number of ether oxygens (including phenoxy) is 1. The third-order valence-electron chi connectivity index (χ3n) is 7.07. The van der Waals surface area contributed by atoms with Crippen LogP contribution in [-0.2, 0) is 16.1 Å². The summed E-state index contributed by atoms with van der Waals surface area (Å²) < 4.78 is 11.1. The minimum Gasteiger partial charge on any atom is -0.494 e. The lowest BCUT2D eigenvalue weighted by Crippen LogP contribution is -2.47. The molecule has 10 heteroatoms. The number of carbonyl (C=O) groups excluding carboxylic acids is 2. The van der Waals surface area contributed by atoms with Crippen LogP contribution in [0.4, 0.5) is 5.69 Å². The van der Waals surface area contributed by atoms with Crippen LogP contribution in [0.3, 0.4) is 0 Å². The van der Waals surface area contributed by atoms with E-state index in [-0.39, 0.29) is 24.8 Å². The topological polar surface area (TPSA) is 81.5 Å². The minimum absolute atomic E-state index is 0.0247. The molecule has 1 N–H and O–H groups in total. The molecule has 0 aliphatic carbocycles. The van der Waals surface area contributed by atoms with Crippen LogP contribution >= 0.6 is 12.2 Å². The predicted molar refractivity (Wildman–Crippen MR) is 151 cm³/mol. The molecule has 2 saturated heterocycles. The molecule has 3 heterocycles. The molecule has 1 atom stereocenters. The van der Waals surface area contributed by atoms with Gasteiger partial charge in [-0.1, -0.05) is 13.8 Å². The lowest BCUT2D eigenvalue weighted by atomic mass is 10.1. The van der Waals surface area contributed by atoms with Crippen LogP contribution < -0.4 is 10.1 Å². The molecule has 2 aliphatic rings. The zero-order valence-electron chi connectivity index (χ0n) is 22.4. The monoisotopic (exact) mass is 541 g/mol. The first-order chi connectivity index (χ1) is 18.5. The lowest BCUT2D eigenvalue weighted by molar-refractivity contribution is -0.131. The normalized spacial score (nSPS) is 18.8. The van der Waals surface area contributed by atoms with Gasteiger partial charge in [-0.2, -0.15) is 0 Å². The van der Waals surface area contributed by atoms with Gasteiger partial charge in [0.2, 0.25) is 5.91 Å². The molecular weight excluding hydrogens is 502 g/mol. The summed E-state index contributed by atoms with van der Waals surface area (Å²) in [4.78, 5) is 34.9. The highest BCUT2D eigenvalue weighted by molar-refractivity contribution is 7.80. The minimum atomic E-state index is -0.637. The van der Waals surface area contributed by atoms with E-state index >= 15 is 0 Å². The Labute approximate surface area is 230 Å². The molecule has 2 amide bonds. The van der Waals surface area contributed by atoms with Crippen LogP contribution in [0.5, 0.6) is 5.75 Å². The van der Waals surface area contributed by atoms with Gasteiger partial charge in [-0.15, -0.1) is 0 Å². The summed E-state index contributed by atoms with van der Waals surface area (Å²) in [6.07, 6.45) is 3.40. The van der Waals surface area contributed by atoms with E-state index in [2.05, 4.69) is 29.0 Å². The van der Waals surface area contributed by atoms with Gasteiger partial charge in [-0.3, -0.25) is 14.5 Å². The van der Waals surface area contributed by atoms with Crippen LogP contribution in [0.2, 0.25) is 0 Å². The summed E-state index contributed by atoms with van der Waals surface area (Å²) in [6.45, 7) is 12.1. The maximum atomic E-state index is 13.5. The Morgan fingerprint density at radius 1 is 1.08 bits per heavy atom. The molecule has 0 radical (unpaired) electrons. The average molecular weight is 542 g/mol. The summed E-state index contributed by atoms with van der Waals surface area (Å²) >= 11 is 5.75. The Morgan fingerprint density at radius 3 is 2.47 bits per heavy atom. The molecule has 4 rings (SSSR count). The van der Waals surface area contributed by atoms with Crippen molar-refractivity contribution in [3.8, 4) is 5.75 Å². The van der Waals surface area contributed by atoms with Crippen molar-refractivity contribution in [3.05, 3.63) is 48.4 Å². The highest BCUT2D eigenvalue weighted by atomic mass is 32.1. The number of nitrogens with one attached hydrogen (secondary N) is 1. The van der Waals surface area contributed by atoms with Crippen molar-refractivity contribution in [1.29, 1.82) is 0 Å². The molecule has 38 heavy (non-hydrogen) atoms. The van der Waals surface area contributed by atoms with Crippen molar-refractivity contribution in [2.45, 2.75) is 45.7 Å². The summed E-state index contributed by atoms with van der Waals surface area (Å²) in [5.41, 5.74) is 0.664. The van der Waals surface area contributed by atoms with E-state index in [0.717, 1.165) is 57.9 Å². The van der Waals surface area contributed by atoms with Crippen molar-refractivity contribution in [3.63, 3.8) is 0 Å². The van der Waals surface area contributed by atoms with Gasteiger partial charge in [0.25, 0.3) is 5.91 Å². The fourth-order valence-corrected chi connectivity index (χ4v) is 5.26. The number of anilines is 1. The van der Waals surface area contributed by atoms with Gasteiger partial charge >= 0.3 is 0 Å². The van der Waals surface area contributed by atoms with Gasteiger partial charge in [0.05, 0.1) is 25.8 Å². The molecule has 0 spiro atoms. The molecule has 1 unspecified atom stereocenters. The van der Waals surface area contributed by atoms with Crippen LogP contribution in [0.25, 0.3) is 0 Å². The first-order valence-corrected chi connectivity index (χ1v) is 14.0. The van der Waals surface area contributed by atoms with Gasteiger partial charge in [0.15, 0.2) is 5.11 Å². The molecule has 9 nitrogen and oxygen atoms in total. The third-order valence-corrected chi connectivity index (χ3v) is 7.53. The number of likely N-dealkylation sites (N-methyl/N-ethyl adjacent to an activating group) is 1. The van der Waals surface area contributed by atoms with E-state index < -0.39 is 6.04 Å². The summed E-state index contributed by atoms with van der Waals surface area (Å²) in [7, 11) is 0. The van der Waals surface area contributed by atoms with Gasteiger partial charge in [-0.25, -0.2) is 0 Å². The molecule has 1 aromatic carbocycles. The molecule has 1 aromatic heterocycles. The Morgan fingerprint density at radius 2 is 1.82 bits per heavy atom. The van der Waals surface area contributed by atoms with Gasteiger partial charge in [0.1, 0.15) is 17.6 Å². The fraction of sp³-hybridized carbons (Fsp3) is 0.536. The molecule has 0 saturated carbocycles. The van der Waals surface area contributed by atoms with Gasteiger partial charge in [0, 0.05) is 38.4 Å². The number of amides is 2. The SMILES string of the molecule is CCCOc1ccc(NC(=O)CC2C(=O)N(Cc3ccco3)C(=S)N2CCCN2CCN(CC)CC2)cc1. The van der Waals surface area contributed by atoms with E-state index in [1.165, 1.54) is 0 Å². The van der Waals surface area contributed by atoms with E-state index in [9.17, 15) is 9.59 Å². The molecule has 2 aromatic rings. The van der Waals surface area contributed by atoms with E-state index in [0.29, 0.717) is 29.7 Å². The molecule has 206 valence electrons. The fourth-order valence-electron chi connectivity index (χ4n) is 4.88. The quantitative estimate of drug-likeness (QED) is 0.387. The van der Waals surface area contributed by atoms with E-state index in [1.54, 1.807) is 17.2 Å². The van der Waals surface area contributed by atoms with Crippen LogP contribution in [-0.4, -0.2) is 95.0 Å². The molecule has 2 aliphatic heterocycles. The number of furan rings is 1. The second-order valence-corrected chi connectivity index (χ2v) is 10.1. The smallest absolute Gasteiger partial charge is 0.252 e. The highest BCUT2D eigenvalue weighted by Gasteiger charge is 2.43. The average Bonchev–Trinajstić information content (AvgIpc) is 3.52. The van der Waals surface area contributed by atoms with Crippen LogP contribution in [0, 0.1) is 0 Å². The number of carbonyl (C=O) groups is 2. The standard InChI is InChI=1S/C28H39N5O4S/c1-3-18-36-23-10-8-22(9-11-23)29-26(34)20-25-27(35)33(21-24-7-5-19-37-24)28(38)32(25)13-6-12-31-16-14-30(4-2)15-17-31/h5,7-11,19,25H,3-4,6,12-18,20-21H2,1-2H3,(H,29,34). The predicted octanol–water partition coefficient (Wildman–Crippen LogP) is 3.42. The summed E-state index contributed by atoms with van der Waals surface area (Å²) in [6, 6.07) is 10.3. The zero-order chi connectivity index (χ0) is 26.9. The first-order valence-electron chi connectivity index (χ1n) is 13.6. The van der Waals surface area contributed by atoms with E-state index in [1.807, 2.05) is 35.2 Å². The number of rotatable bonds is 13. The van der Waals surface area contributed by atoms with Gasteiger partial charge < -0.3 is 29.2 Å². The van der Waals surface area contributed by atoms with Crippen LogP contribution in [0.15, 0.2) is 47.1 Å². The Hall–Kier alpha value is -2.95. The first kappa shape index (κ1) is 28.1. The summed E-state index contributed by atoms with van der Waals surface area (Å²) in [5.74, 6) is 1.03. The number of thiocarbonyl (C=S) groups is 1. The maximum absolute atomic E-state index is 13.5. The second-order valence-electron chi connectivity index (χ2n) is 9.75. The zero-order valence-corrected chi connectivity index (χ0v) is 23.3. The largest absolute Gasteiger partial charge is 0.494 e. The van der Waals surface area contributed by atoms with Crippen molar-refractivity contribution < 1.29 is 18.7 Å². The van der Waals surface area contributed by atoms with Crippen molar-refractivity contribution in [1.82, 2.24) is 19.6 Å². The molecule has 2 fully saturated rings. The van der Waals surface area contributed by atoms with Gasteiger partial charge in [-0.05, 0) is 74.5 Å². The Kier molecular flexibility index (Phi) is 10.1.